The molecular weight excluding hydrogens is 428 g/mol. The molecule has 4 aliphatic rings. The Labute approximate surface area is 191 Å². The van der Waals surface area contributed by atoms with Crippen molar-refractivity contribution in [2.75, 3.05) is 39.3 Å². The highest BCUT2D eigenvalue weighted by Crippen LogP contribution is 2.35. The summed E-state index contributed by atoms with van der Waals surface area (Å²) in [5.41, 5.74) is -0.752. The van der Waals surface area contributed by atoms with Gasteiger partial charge in [0.15, 0.2) is 11.5 Å². The summed E-state index contributed by atoms with van der Waals surface area (Å²) in [7, 11) is 0. The Morgan fingerprint density at radius 1 is 1.00 bits per heavy atom. The monoisotopic (exact) mass is 456 g/mol. The number of hydrogen-bond donors (Lipinski definition) is 1. The Bertz CT molecular complexity index is 967. The second kappa shape index (κ2) is 8.57. The van der Waals surface area contributed by atoms with Gasteiger partial charge >= 0.3 is 6.03 Å². The molecule has 33 heavy (non-hydrogen) atoms. The second-order valence-electron chi connectivity index (χ2n) is 9.00. The first-order valence-corrected chi connectivity index (χ1v) is 11.6. The van der Waals surface area contributed by atoms with Crippen molar-refractivity contribution in [2.24, 2.45) is 0 Å². The van der Waals surface area contributed by atoms with Gasteiger partial charge in [0.25, 0.3) is 11.8 Å². The number of imide groups is 1. The van der Waals surface area contributed by atoms with E-state index >= 15 is 0 Å². The molecular formula is C23H28N4O6. The number of ether oxygens (including phenoxy) is 2. The summed E-state index contributed by atoms with van der Waals surface area (Å²) < 4.78 is 11.4. The lowest BCUT2D eigenvalue weighted by molar-refractivity contribution is -0.146. The summed E-state index contributed by atoms with van der Waals surface area (Å²) in [6.07, 6.45) is 2.56. The molecule has 1 aromatic rings. The van der Waals surface area contributed by atoms with Gasteiger partial charge in [-0.1, -0.05) is 25.0 Å². The fourth-order valence-electron chi connectivity index (χ4n) is 5.08. The third-order valence-corrected chi connectivity index (χ3v) is 6.98. The van der Waals surface area contributed by atoms with E-state index in [1.807, 2.05) is 12.1 Å². The van der Waals surface area contributed by atoms with Crippen LogP contribution in [0.5, 0.6) is 11.5 Å². The molecule has 2 saturated heterocycles. The maximum Gasteiger partial charge on any atom is 0.325 e. The van der Waals surface area contributed by atoms with E-state index in [0.717, 1.165) is 12.8 Å². The highest BCUT2D eigenvalue weighted by atomic mass is 16.6. The lowest BCUT2D eigenvalue weighted by atomic mass is 9.98. The lowest BCUT2D eigenvalue weighted by Crippen LogP contribution is -2.55. The Morgan fingerprint density at radius 2 is 1.67 bits per heavy atom. The summed E-state index contributed by atoms with van der Waals surface area (Å²) in [4.78, 5) is 55.1. The Morgan fingerprint density at radius 3 is 2.39 bits per heavy atom. The maximum atomic E-state index is 12.9. The van der Waals surface area contributed by atoms with E-state index in [0.29, 0.717) is 50.5 Å². The van der Waals surface area contributed by atoms with Gasteiger partial charge in [-0.15, -0.1) is 0 Å². The van der Waals surface area contributed by atoms with Crippen molar-refractivity contribution in [1.82, 2.24) is 20.0 Å². The number of carbonyl (C=O) groups excluding carboxylic acids is 4. The van der Waals surface area contributed by atoms with Gasteiger partial charge in [-0.25, -0.2) is 4.79 Å². The molecule has 0 radical (unpaired) electrons. The SMILES string of the molecule is O=C(CCN1C(=O)NC2(CCCC2)C1=O)N1CCN(C(=O)[C@@H]2COc3ccccc3O2)CC1. The molecule has 1 spiro atoms. The molecule has 1 N–H and O–H groups in total. The number of rotatable bonds is 4. The van der Waals surface area contributed by atoms with Crippen LogP contribution in [0.1, 0.15) is 32.1 Å². The molecule has 1 aromatic carbocycles. The Kier molecular flexibility index (Phi) is 5.59. The number of nitrogens with zero attached hydrogens (tertiary/aromatic N) is 3. The highest BCUT2D eigenvalue weighted by Gasteiger charge is 2.52. The van der Waals surface area contributed by atoms with Crippen LogP contribution in [0.4, 0.5) is 4.79 Å². The Balaban J connectivity index is 1.10. The molecule has 5 amide bonds. The van der Waals surface area contributed by atoms with Crippen molar-refractivity contribution in [2.45, 2.75) is 43.7 Å². The largest absolute Gasteiger partial charge is 0.485 e. The number of amides is 5. The number of carbonyl (C=O) groups is 4. The zero-order chi connectivity index (χ0) is 23.0. The minimum absolute atomic E-state index is 0.0804. The van der Waals surface area contributed by atoms with Crippen LogP contribution in [0.25, 0.3) is 0 Å². The average Bonchev–Trinajstić information content (AvgIpc) is 3.41. The van der Waals surface area contributed by atoms with Crippen LogP contribution in [0.2, 0.25) is 0 Å². The molecule has 3 heterocycles. The van der Waals surface area contributed by atoms with Gasteiger partial charge in [-0.2, -0.15) is 0 Å². The van der Waals surface area contributed by atoms with Gasteiger partial charge in [0.1, 0.15) is 12.1 Å². The van der Waals surface area contributed by atoms with Crippen LogP contribution in [-0.2, 0) is 14.4 Å². The third-order valence-electron chi connectivity index (χ3n) is 6.98. The molecule has 1 saturated carbocycles. The first-order valence-electron chi connectivity index (χ1n) is 11.6. The van der Waals surface area contributed by atoms with E-state index in [9.17, 15) is 19.2 Å². The van der Waals surface area contributed by atoms with E-state index < -0.39 is 17.7 Å². The van der Waals surface area contributed by atoms with E-state index in [1.165, 1.54) is 4.90 Å². The number of hydrogen-bond acceptors (Lipinski definition) is 6. The van der Waals surface area contributed by atoms with E-state index in [-0.39, 0.29) is 37.3 Å². The molecule has 10 nitrogen and oxygen atoms in total. The summed E-state index contributed by atoms with van der Waals surface area (Å²) in [5.74, 6) is 0.695. The third kappa shape index (κ3) is 3.98. The van der Waals surface area contributed by atoms with Crippen LogP contribution >= 0.6 is 0 Å². The standard InChI is InChI=1S/C23H28N4O6/c28-19(7-10-27-21(30)23(24-22(27)31)8-3-4-9-23)25-11-13-26(14-12-25)20(29)18-15-32-16-5-1-2-6-17(16)33-18/h1-2,5-6,18H,3-4,7-15H2,(H,24,31)/t18-/m0/s1. The van der Waals surface area contributed by atoms with Crippen LogP contribution in [-0.4, -0.2) is 89.4 Å². The highest BCUT2D eigenvalue weighted by molar-refractivity contribution is 6.07. The minimum Gasteiger partial charge on any atom is -0.485 e. The topological polar surface area (TPSA) is 108 Å². The smallest absolute Gasteiger partial charge is 0.325 e. The lowest BCUT2D eigenvalue weighted by Gasteiger charge is -2.37. The van der Waals surface area contributed by atoms with Crippen molar-refractivity contribution in [3.63, 3.8) is 0 Å². The molecule has 3 aliphatic heterocycles. The fourth-order valence-corrected chi connectivity index (χ4v) is 5.08. The summed E-state index contributed by atoms with van der Waals surface area (Å²) >= 11 is 0. The summed E-state index contributed by atoms with van der Waals surface area (Å²) in [5, 5.41) is 2.83. The average molecular weight is 456 g/mol. The van der Waals surface area contributed by atoms with Crippen molar-refractivity contribution in [1.29, 1.82) is 0 Å². The van der Waals surface area contributed by atoms with Crippen LogP contribution in [0.3, 0.4) is 0 Å². The van der Waals surface area contributed by atoms with Crippen molar-refractivity contribution in [3.05, 3.63) is 24.3 Å². The Hall–Kier alpha value is -3.30. The molecule has 1 atom stereocenters. The van der Waals surface area contributed by atoms with Crippen molar-refractivity contribution in [3.8, 4) is 11.5 Å². The minimum atomic E-state index is -0.752. The molecule has 5 rings (SSSR count). The number of benzene rings is 1. The number of nitrogens with one attached hydrogen (secondary N) is 1. The maximum absolute atomic E-state index is 12.9. The van der Waals surface area contributed by atoms with Gasteiger partial charge in [-0.3, -0.25) is 19.3 Å². The van der Waals surface area contributed by atoms with Crippen LogP contribution in [0.15, 0.2) is 24.3 Å². The quantitative estimate of drug-likeness (QED) is 0.670. The normalized spacial score (nSPS) is 23.8. The zero-order valence-corrected chi connectivity index (χ0v) is 18.5. The van der Waals surface area contributed by atoms with Gasteiger partial charge in [-0.05, 0) is 25.0 Å². The van der Waals surface area contributed by atoms with Gasteiger partial charge in [0, 0.05) is 39.1 Å². The summed E-state index contributed by atoms with van der Waals surface area (Å²) in [6.45, 7) is 1.84. The molecule has 10 heteroatoms. The van der Waals surface area contributed by atoms with Gasteiger partial charge in [0.05, 0.1) is 0 Å². The molecule has 3 fully saturated rings. The molecule has 176 valence electrons. The van der Waals surface area contributed by atoms with E-state index in [1.54, 1.807) is 21.9 Å². The second-order valence-corrected chi connectivity index (χ2v) is 9.00. The van der Waals surface area contributed by atoms with Gasteiger partial charge in [0.2, 0.25) is 12.0 Å². The molecule has 1 aliphatic carbocycles. The number of fused-ring (bicyclic) bond motifs is 1. The van der Waals surface area contributed by atoms with Crippen molar-refractivity contribution >= 4 is 23.8 Å². The van der Waals surface area contributed by atoms with Crippen LogP contribution < -0.4 is 14.8 Å². The first kappa shape index (κ1) is 21.5. The van der Waals surface area contributed by atoms with E-state index in [2.05, 4.69) is 5.32 Å². The van der Waals surface area contributed by atoms with Crippen LogP contribution in [0, 0.1) is 0 Å². The zero-order valence-electron chi connectivity index (χ0n) is 18.5. The summed E-state index contributed by atoms with van der Waals surface area (Å²) in [6, 6.07) is 6.84. The van der Waals surface area contributed by atoms with Crippen molar-refractivity contribution < 1.29 is 28.7 Å². The fraction of sp³-hybridized carbons (Fsp3) is 0.565. The first-order chi connectivity index (χ1) is 16.0. The van der Waals surface area contributed by atoms with E-state index in [4.69, 9.17) is 9.47 Å². The number of para-hydroxylation sites is 2. The predicted molar refractivity (Wildman–Crippen MR) is 116 cm³/mol. The predicted octanol–water partition coefficient (Wildman–Crippen LogP) is 0.752. The van der Waals surface area contributed by atoms with Gasteiger partial charge < -0.3 is 24.6 Å². The number of urea groups is 1. The molecule has 0 aromatic heterocycles. The number of piperazine rings is 1. The molecule has 0 bridgehead atoms. The molecule has 0 unspecified atom stereocenters.